The molecule has 0 spiro atoms. The summed E-state index contributed by atoms with van der Waals surface area (Å²) in [7, 11) is 0. The molecule has 2 aromatic carbocycles. The Morgan fingerprint density at radius 3 is 2.26 bits per heavy atom. The van der Waals surface area contributed by atoms with E-state index < -0.39 is 17.9 Å². The van der Waals surface area contributed by atoms with Crippen LogP contribution in [0, 0.1) is 5.82 Å². The standard InChI is InChI=1S/C13H9F4NO/c14-11-4-2-1-3-9(11)10-7-8(5-6-12(10)18)19-13(15,16)17/h1-7H,18H2. The number of nitrogens with two attached hydrogens (primary N) is 1. The maximum Gasteiger partial charge on any atom is 0.573 e. The van der Waals surface area contributed by atoms with E-state index >= 15 is 0 Å². The van der Waals surface area contributed by atoms with E-state index in [1.807, 2.05) is 0 Å². The molecule has 0 aliphatic heterocycles. The average Bonchev–Trinajstić information content (AvgIpc) is 2.31. The fourth-order valence-corrected chi connectivity index (χ4v) is 1.65. The van der Waals surface area contributed by atoms with Gasteiger partial charge >= 0.3 is 6.36 Å². The number of ether oxygens (including phenoxy) is 1. The molecule has 0 aromatic heterocycles. The molecule has 2 N–H and O–H groups in total. The van der Waals surface area contributed by atoms with Crippen LogP contribution in [0.1, 0.15) is 0 Å². The number of benzene rings is 2. The first-order chi connectivity index (χ1) is 8.87. The van der Waals surface area contributed by atoms with Crippen molar-refractivity contribution in [3.63, 3.8) is 0 Å². The Labute approximate surface area is 106 Å². The normalized spacial score (nSPS) is 11.4. The molecule has 100 valence electrons. The van der Waals surface area contributed by atoms with Crippen molar-refractivity contribution in [3.8, 4) is 16.9 Å². The molecule has 0 radical (unpaired) electrons. The summed E-state index contributed by atoms with van der Waals surface area (Å²) in [5.41, 5.74) is 6.09. The van der Waals surface area contributed by atoms with Crippen LogP contribution in [0.5, 0.6) is 5.75 Å². The van der Waals surface area contributed by atoms with Gasteiger partial charge in [-0.2, -0.15) is 0 Å². The van der Waals surface area contributed by atoms with E-state index in [1.54, 1.807) is 6.07 Å². The Hall–Kier alpha value is -2.24. The molecule has 0 aliphatic carbocycles. The summed E-state index contributed by atoms with van der Waals surface area (Å²) in [6, 6.07) is 9.04. The van der Waals surface area contributed by atoms with E-state index in [4.69, 9.17) is 5.73 Å². The van der Waals surface area contributed by atoms with Gasteiger partial charge in [0.05, 0.1) is 0 Å². The highest BCUT2D eigenvalue weighted by atomic mass is 19.4. The van der Waals surface area contributed by atoms with Gasteiger partial charge in [0.25, 0.3) is 0 Å². The second-order valence-electron chi connectivity index (χ2n) is 3.78. The molecule has 0 atom stereocenters. The minimum Gasteiger partial charge on any atom is -0.406 e. The van der Waals surface area contributed by atoms with Crippen LogP contribution in [-0.2, 0) is 0 Å². The highest BCUT2D eigenvalue weighted by molar-refractivity contribution is 5.77. The van der Waals surface area contributed by atoms with Crippen molar-refractivity contribution in [2.75, 3.05) is 5.73 Å². The number of anilines is 1. The summed E-state index contributed by atoms with van der Waals surface area (Å²) < 4.78 is 53.8. The number of alkyl halides is 3. The van der Waals surface area contributed by atoms with Gasteiger partial charge in [0.2, 0.25) is 0 Å². The van der Waals surface area contributed by atoms with Crippen molar-refractivity contribution in [1.82, 2.24) is 0 Å². The fraction of sp³-hybridized carbons (Fsp3) is 0.0769. The minimum absolute atomic E-state index is 0.118. The Bertz CT molecular complexity index is 595. The lowest BCUT2D eigenvalue weighted by atomic mass is 10.0. The third-order valence-electron chi connectivity index (χ3n) is 2.42. The zero-order chi connectivity index (χ0) is 14.0. The summed E-state index contributed by atoms with van der Waals surface area (Å²) in [5.74, 6) is -1.02. The van der Waals surface area contributed by atoms with Gasteiger partial charge in [-0.25, -0.2) is 4.39 Å². The van der Waals surface area contributed by atoms with Crippen molar-refractivity contribution in [2.45, 2.75) is 6.36 Å². The van der Waals surface area contributed by atoms with E-state index in [0.29, 0.717) is 0 Å². The third-order valence-corrected chi connectivity index (χ3v) is 2.42. The summed E-state index contributed by atoms with van der Waals surface area (Å²) in [6.07, 6.45) is -4.80. The molecule has 0 bridgehead atoms. The van der Waals surface area contributed by atoms with Crippen LogP contribution in [0.25, 0.3) is 11.1 Å². The van der Waals surface area contributed by atoms with Gasteiger partial charge in [0.15, 0.2) is 0 Å². The SMILES string of the molecule is Nc1ccc(OC(F)(F)F)cc1-c1ccccc1F. The molecule has 6 heteroatoms. The van der Waals surface area contributed by atoms with Crippen molar-refractivity contribution >= 4 is 5.69 Å². The van der Waals surface area contributed by atoms with E-state index in [1.165, 1.54) is 24.3 Å². The molecule has 0 saturated carbocycles. The van der Waals surface area contributed by atoms with Gasteiger partial charge in [-0.05, 0) is 24.3 Å². The zero-order valence-corrected chi connectivity index (χ0v) is 9.54. The number of hydrogen-bond acceptors (Lipinski definition) is 2. The quantitative estimate of drug-likeness (QED) is 0.662. The number of rotatable bonds is 2. The number of halogens is 4. The lowest BCUT2D eigenvalue weighted by Crippen LogP contribution is -2.17. The summed E-state index contributed by atoms with van der Waals surface area (Å²) in [6.45, 7) is 0. The summed E-state index contributed by atoms with van der Waals surface area (Å²) in [4.78, 5) is 0. The van der Waals surface area contributed by atoms with E-state index in [0.717, 1.165) is 12.1 Å². The average molecular weight is 271 g/mol. The molecule has 0 fully saturated rings. The first-order valence-electron chi connectivity index (χ1n) is 5.27. The highest BCUT2D eigenvalue weighted by Gasteiger charge is 2.31. The Balaban J connectivity index is 2.46. The topological polar surface area (TPSA) is 35.2 Å². The molecule has 0 heterocycles. The summed E-state index contributed by atoms with van der Waals surface area (Å²) in [5, 5.41) is 0. The molecule has 0 saturated heterocycles. The molecule has 19 heavy (non-hydrogen) atoms. The van der Waals surface area contributed by atoms with Crippen molar-refractivity contribution in [1.29, 1.82) is 0 Å². The van der Waals surface area contributed by atoms with Gasteiger partial charge in [-0.3, -0.25) is 0 Å². The first kappa shape index (κ1) is 13.2. The Morgan fingerprint density at radius 2 is 1.63 bits per heavy atom. The van der Waals surface area contributed by atoms with E-state index in [9.17, 15) is 17.6 Å². The van der Waals surface area contributed by atoms with Crippen LogP contribution in [0.4, 0.5) is 23.2 Å². The number of nitrogen functional groups attached to an aromatic ring is 1. The summed E-state index contributed by atoms with van der Waals surface area (Å²) >= 11 is 0. The van der Waals surface area contributed by atoms with Gasteiger partial charge in [-0.1, -0.05) is 18.2 Å². The second kappa shape index (κ2) is 4.79. The van der Waals surface area contributed by atoms with Gasteiger partial charge in [-0.15, -0.1) is 13.2 Å². The monoisotopic (exact) mass is 271 g/mol. The van der Waals surface area contributed by atoms with Crippen LogP contribution >= 0.6 is 0 Å². The Morgan fingerprint density at radius 1 is 0.947 bits per heavy atom. The molecule has 2 rings (SSSR count). The second-order valence-corrected chi connectivity index (χ2v) is 3.78. The molecular weight excluding hydrogens is 262 g/mol. The van der Waals surface area contributed by atoms with Crippen LogP contribution in [0.2, 0.25) is 0 Å². The Kier molecular flexibility index (Phi) is 3.33. The molecule has 0 unspecified atom stereocenters. The van der Waals surface area contributed by atoms with Gasteiger partial charge in [0.1, 0.15) is 11.6 Å². The third kappa shape index (κ3) is 3.15. The predicted octanol–water partition coefficient (Wildman–Crippen LogP) is 3.97. The van der Waals surface area contributed by atoms with Crippen LogP contribution < -0.4 is 10.5 Å². The lowest BCUT2D eigenvalue weighted by molar-refractivity contribution is -0.274. The molecule has 0 amide bonds. The van der Waals surface area contributed by atoms with Crippen molar-refractivity contribution in [3.05, 3.63) is 48.3 Å². The largest absolute Gasteiger partial charge is 0.573 e. The van der Waals surface area contributed by atoms with Gasteiger partial charge in [0, 0.05) is 16.8 Å². The van der Waals surface area contributed by atoms with Gasteiger partial charge < -0.3 is 10.5 Å². The van der Waals surface area contributed by atoms with Crippen molar-refractivity contribution < 1.29 is 22.3 Å². The maximum atomic E-state index is 13.6. The minimum atomic E-state index is -4.80. The van der Waals surface area contributed by atoms with Crippen molar-refractivity contribution in [2.24, 2.45) is 0 Å². The molecule has 2 aromatic rings. The van der Waals surface area contributed by atoms with E-state index in [2.05, 4.69) is 4.74 Å². The number of hydrogen-bond donors (Lipinski definition) is 1. The first-order valence-corrected chi connectivity index (χ1v) is 5.27. The fourth-order valence-electron chi connectivity index (χ4n) is 1.65. The maximum absolute atomic E-state index is 13.6. The van der Waals surface area contributed by atoms with Crippen LogP contribution in [0.15, 0.2) is 42.5 Å². The molecule has 0 aliphatic rings. The van der Waals surface area contributed by atoms with Crippen LogP contribution in [0.3, 0.4) is 0 Å². The zero-order valence-electron chi connectivity index (χ0n) is 9.54. The smallest absolute Gasteiger partial charge is 0.406 e. The predicted molar refractivity (Wildman–Crippen MR) is 62.9 cm³/mol. The molecular formula is C13H9F4NO. The molecule has 2 nitrogen and oxygen atoms in total. The lowest BCUT2D eigenvalue weighted by Gasteiger charge is -2.12. The van der Waals surface area contributed by atoms with Crippen LogP contribution in [-0.4, -0.2) is 6.36 Å². The highest BCUT2D eigenvalue weighted by Crippen LogP contribution is 2.33. The van der Waals surface area contributed by atoms with E-state index in [-0.39, 0.29) is 16.8 Å².